The number of hydrogen-bond donors (Lipinski definition) is 0. The summed E-state index contributed by atoms with van der Waals surface area (Å²) in [5, 5.41) is 0.650. The van der Waals surface area contributed by atoms with Gasteiger partial charge in [0.05, 0.1) is 7.11 Å². The van der Waals surface area contributed by atoms with Crippen molar-refractivity contribution in [3.8, 4) is 17.2 Å². The van der Waals surface area contributed by atoms with Crippen LogP contribution in [0.4, 0.5) is 0 Å². The number of carbonyl (C=O) groups is 1. The Balaban J connectivity index is 1.62. The average Bonchev–Trinajstić information content (AvgIpc) is 3.27. The zero-order valence-electron chi connectivity index (χ0n) is 17.7. The molecule has 0 saturated heterocycles. The van der Waals surface area contributed by atoms with E-state index < -0.39 is 11.6 Å². The van der Waals surface area contributed by atoms with Gasteiger partial charge in [0, 0.05) is 10.6 Å². The van der Waals surface area contributed by atoms with Crippen molar-refractivity contribution in [3.05, 3.63) is 88.4 Å². The molecule has 4 nitrogen and oxygen atoms in total. The number of ether oxygens (including phenoxy) is 3. The molecular weight excluding hydrogens is 412 g/mol. The fourth-order valence-corrected chi connectivity index (χ4v) is 4.17. The molecule has 0 saturated carbocycles. The monoisotopic (exact) mass is 436 g/mol. The molecule has 0 bridgehead atoms. The van der Waals surface area contributed by atoms with Gasteiger partial charge in [-0.05, 0) is 85.3 Å². The van der Waals surface area contributed by atoms with Gasteiger partial charge in [0.1, 0.15) is 17.2 Å². The van der Waals surface area contributed by atoms with Crippen molar-refractivity contribution in [2.24, 2.45) is 0 Å². The highest BCUT2D eigenvalue weighted by Crippen LogP contribution is 2.36. The van der Waals surface area contributed by atoms with Crippen LogP contribution in [0.25, 0.3) is 0 Å². The molecule has 0 fully saturated rings. The predicted molar refractivity (Wildman–Crippen MR) is 121 cm³/mol. The zero-order chi connectivity index (χ0) is 21.8. The van der Waals surface area contributed by atoms with Gasteiger partial charge in [-0.25, -0.2) is 4.79 Å². The van der Waals surface area contributed by atoms with Gasteiger partial charge in [0.25, 0.3) is 0 Å². The van der Waals surface area contributed by atoms with E-state index in [-0.39, 0.29) is 0 Å². The molecule has 0 amide bonds. The summed E-state index contributed by atoms with van der Waals surface area (Å²) in [4.78, 5) is 12.9. The number of aryl methyl sites for hydroxylation is 2. The Morgan fingerprint density at radius 3 is 2.16 bits per heavy atom. The van der Waals surface area contributed by atoms with Crippen LogP contribution in [-0.2, 0) is 28.0 Å². The molecule has 0 N–H and O–H groups in total. The van der Waals surface area contributed by atoms with E-state index in [0.29, 0.717) is 34.3 Å². The van der Waals surface area contributed by atoms with Gasteiger partial charge >= 0.3 is 5.97 Å². The van der Waals surface area contributed by atoms with E-state index in [1.807, 2.05) is 43.3 Å². The molecule has 0 heterocycles. The number of esters is 1. The minimum atomic E-state index is -1.24. The van der Waals surface area contributed by atoms with Gasteiger partial charge < -0.3 is 14.2 Å². The third kappa shape index (κ3) is 4.40. The van der Waals surface area contributed by atoms with Crippen molar-refractivity contribution in [1.82, 2.24) is 0 Å². The zero-order valence-corrected chi connectivity index (χ0v) is 18.4. The molecule has 3 aromatic rings. The Morgan fingerprint density at radius 1 is 0.903 bits per heavy atom. The number of hydrogen-bond acceptors (Lipinski definition) is 4. The van der Waals surface area contributed by atoms with E-state index in [1.165, 1.54) is 18.2 Å². The van der Waals surface area contributed by atoms with E-state index in [1.54, 1.807) is 24.3 Å². The minimum Gasteiger partial charge on any atom is -0.471 e. The summed E-state index contributed by atoms with van der Waals surface area (Å²) in [5.74, 6) is 1.58. The van der Waals surface area contributed by atoms with Crippen molar-refractivity contribution >= 4 is 17.6 Å². The van der Waals surface area contributed by atoms with Crippen LogP contribution >= 0.6 is 11.6 Å². The Hall–Kier alpha value is -2.98. The van der Waals surface area contributed by atoms with E-state index in [4.69, 9.17) is 25.8 Å². The van der Waals surface area contributed by atoms with Crippen LogP contribution in [0.3, 0.4) is 0 Å². The lowest BCUT2D eigenvalue weighted by Crippen LogP contribution is -2.42. The third-order valence-electron chi connectivity index (χ3n) is 5.75. The third-order valence-corrected chi connectivity index (χ3v) is 6.00. The Kier molecular flexibility index (Phi) is 6.19. The van der Waals surface area contributed by atoms with Crippen LogP contribution in [-0.4, -0.2) is 13.1 Å². The maximum absolute atomic E-state index is 12.9. The number of halogens is 1. The molecule has 1 atom stereocenters. The van der Waals surface area contributed by atoms with Gasteiger partial charge in [0.15, 0.2) is 0 Å². The van der Waals surface area contributed by atoms with Crippen molar-refractivity contribution in [3.63, 3.8) is 0 Å². The molecule has 1 aliphatic rings. The van der Waals surface area contributed by atoms with Crippen LogP contribution in [0, 0.1) is 0 Å². The SMILES string of the molecule is CCC(Oc1ccc2c(c1)CCC2)(C(=O)OC)c1ccc(Oc2ccc(Cl)cc2)cc1. The lowest BCUT2D eigenvalue weighted by Gasteiger charge is -2.31. The van der Waals surface area contributed by atoms with Crippen molar-refractivity contribution < 1.29 is 19.0 Å². The Morgan fingerprint density at radius 2 is 1.52 bits per heavy atom. The van der Waals surface area contributed by atoms with Crippen LogP contribution in [0.1, 0.15) is 36.5 Å². The largest absolute Gasteiger partial charge is 0.471 e. The first-order valence-electron chi connectivity index (χ1n) is 10.5. The molecule has 0 spiro atoms. The minimum absolute atomic E-state index is 0.425. The quantitative estimate of drug-likeness (QED) is 0.398. The maximum atomic E-state index is 12.9. The van der Waals surface area contributed by atoms with Gasteiger partial charge in [-0.1, -0.05) is 36.7 Å². The van der Waals surface area contributed by atoms with Crippen LogP contribution in [0.2, 0.25) is 5.02 Å². The van der Waals surface area contributed by atoms with Crippen LogP contribution in [0.15, 0.2) is 66.7 Å². The molecule has 160 valence electrons. The molecule has 0 radical (unpaired) electrons. The van der Waals surface area contributed by atoms with Crippen molar-refractivity contribution in [1.29, 1.82) is 0 Å². The first kappa shape index (κ1) is 21.3. The maximum Gasteiger partial charge on any atom is 0.354 e. The number of benzene rings is 3. The van der Waals surface area contributed by atoms with E-state index in [0.717, 1.165) is 19.3 Å². The summed E-state index contributed by atoms with van der Waals surface area (Å²) in [7, 11) is 1.39. The first-order valence-corrected chi connectivity index (χ1v) is 10.8. The number of carbonyl (C=O) groups excluding carboxylic acids is 1. The number of fused-ring (bicyclic) bond motifs is 1. The second kappa shape index (κ2) is 9.03. The van der Waals surface area contributed by atoms with Crippen molar-refractivity contribution in [2.45, 2.75) is 38.2 Å². The topological polar surface area (TPSA) is 44.8 Å². The fourth-order valence-electron chi connectivity index (χ4n) is 4.05. The summed E-state index contributed by atoms with van der Waals surface area (Å²) >= 11 is 5.93. The highest BCUT2D eigenvalue weighted by molar-refractivity contribution is 6.30. The predicted octanol–water partition coefficient (Wildman–Crippen LogP) is 6.48. The van der Waals surface area contributed by atoms with Crippen LogP contribution in [0.5, 0.6) is 17.2 Å². The first-order chi connectivity index (χ1) is 15.0. The smallest absolute Gasteiger partial charge is 0.354 e. The lowest BCUT2D eigenvalue weighted by atomic mass is 9.90. The summed E-state index contributed by atoms with van der Waals surface area (Å²) in [6, 6.07) is 20.6. The fraction of sp³-hybridized carbons (Fsp3) is 0.269. The van der Waals surface area contributed by atoms with Gasteiger partial charge in [0.2, 0.25) is 5.60 Å². The van der Waals surface area contributed by atoms with E-state index >= 15 is 0 Å². The van der Waals surface area contributed by atoms with E-state index in [2.05, 4.69) is 6.07 Å². The highest BCUT2D eigenvalue weighted by atomic mass is 35.5. The van der Waals surface area contributed by atoms with E-state index in [9.17, 15) is 4.79 Å². The molecule has 1 aliphatic carbocycles. The Bertz CT molecular complexity index is 1060. The molecule has 31 heavy (non-hydrogen) atoms. The normalized spacial score (nSPS) is 14.4. The molecule has 0 aliphatic heterocycles. The summed E-state index contributed by atoms with van der Waals surface area (Å²) in [5.41, 5.74) is 2.13. The highest BCUT2D eigenvalue weighted by Gasteiger charge is 2.42. The number of methoxy groups -OCH3 is 1. The molecule has 5 heteroatoms. The second-order valence-corrected chi connectivity index (χ2v) is 8.08. The summed E-state index contributed by atoms with van der Waals surface area (Å²) in [6.07, 6.45) is 3.72. The van der Waals surface area contributed by atoms with Gasteiger partial charge in [-0.2, -0.15) is 0 Å². The molecule has 4 rings (SSSR count). The van der Waals surface area contributed by atoms with Crippen molar-refractivity contribution in [2.75, 3.05) is 7.11 Å². The molecule has 0 aromatic heterocycles. The van der Waals surface area contributed by atoms with Crippen LogP contribution < -0.4 is 9.47 Å². The summed E-state index contributed by atoms with van der Waals surface area (Å²) < 4.78 is 17.4. The lowest BCUT2D eigenvalue weighted by molar-refractivity contribution is -0.160. The van der Waals surface area contributed by atoms with Gasteiger partial charge in [-0.3, -0.25) is 0 Å². The Labute approximate surface area is 187 Å². The standard InChI is InChI=1S/C26H25ClO4/c1-3-26(25(28)29-2,31-24-12-7-18-5-4-6-19(18)17-24)20-8-13-22(14-9-20)30-23-15-10-21(27)11-16-23/h7-17H,3-6H2,1-2H3. The number of rotatable bonds is 7. The average molecular weight is 437 g/mol. The molecule has 3 aromatic carbocycles. The van der Waals surface area contributed by atoms with Gasteiger partial charge in [-0.15, -0.1) is 0 Å². The second-order valence-electron chi connectivity index (χ2n) is 7.64. The summed E-state index contributed by atoms with van der Waals surface area (Å²) in [6.45, 7) is 1.92. The molecule has 1 unspecified atom stereocenters. The molecular formula is C26H25ClO4.